The minimum atomic E-state index is -0.0943. The third kappa shape index (κ3) is 3.60. The molecule has 1 fully saturated rings. The Morgan fingerprint density at radius 2 is 1.71 bits per heavy atom. The highest BCUT2D eigenvalue weighted by Crippen LogP contribution is 2.34. The molecule has 0 unspecified atom stereocenters. The summed E-state index contributed by atoms with van der Waals surface area (Å²) >= 11 is 0. The van der Waals surface area contributed by atoms with E-state index in [-0.39, 0.29) is 5.91 Å². The van der Waals surface area contributed by atoms with Gasteiger partial charge in [-0.3, -0.25) is 4.79 Å². The molecule has 8 heteroatoms. The van der Waals surface area contributed by atoms with Crippen LogP contribution in [0.15, 0.2) is 24.3 Å². The number of fused-ring (bicyclic) bond motifs is 1. The van der Waals surface area contributed by atoms with Crippen LogP contribution in [0.3, 0.4) is 0 Å². The van der Waals surface area contributed by atoms with Crippen molar-refractivity contribution in [3.05, 3.63) is 41.1 Å². The van der Waals surface area contributed by atoms with Gasteiger partial charge in [-0.05, 0) is 41.8 Å². The van der Waals surface area contributed by atoms with Gasteiger partial charge in [0.15, 0.2) is 23.0 Å². The molecule has 148 valence electrons. The minimum absolute atomic E-state index is 0.0943. The Morgan fingerprint density at radius 1 is 1.00 bits per heavy atom. The predicted molar refractivity (Wildman–Crippen MR) is 103 cm³/mol. The van der Waals surface area contributed by atoms with E-state index in [0.29, 0.717) is 38.5 Å². The summed E-state index contributed by atoms with van der Waals surface area (Å²) in [4.78, 5) is 16.4. The topological polar surface area (TPSA) is 77.0 Å². The van der Waals surface area contributed by atoms with Gasteiger partial charge in [0.1, 0.15) is 0 Å². The first-order valence-electron chi connectivity index (χ1n) is 9.39. The molecule has 2 aliphatic heterocycles. The fourth-order valence-electron chi connectivity index (χ4n) is 3.62. The zero-order chi connectivity index (χ0) is 19.5. The molecule has 28 heavy (non-hydrogen) atoms. The van der Waals surface area contributed by atoms with E-state index in [1.54, 1.807) is 25.2 Å². The zero-order valence-corrected chi connectivity index (χ0v) is 16.2. The van der Waals surface area contributed by atoms with Crippen molar-refractivity contribution in [1.29, 1.82) is 0 Å². The quantitative estimate of drug-likeness (QED) is 0.791. The Morgan fingerprint density at radius 3 is 2.36 bits per heavy atom. The summed E-state index contributed by atoms with van der Waals surface area (Å²) in [5.41, 5.74) is 2.80. The summed E-state index contributed by atoms with van der Waals surface area (Å²) < 4.78 is 16.1. The molecule has 0 atom stereocenters. The number of amides is 1. The highest BCUT2D eigenvalue weighted by atomic mass is 16.5. The summed E-state index contributed by atoms with van der Waals surface area (Å²) in [5, 5.41) is 8.49. The Hall–Kier alpha value is -2.87. The van der Waals surface area contributed by atoms with Gasteiger partial charge in [0.05, 0.1) is 27.4 Å². The van der Waals surface area contributed by atoms with Crippen LogP contribution in [-0.4, -0.2) is 68.1 Å². The molecular formula is C20H24N4O4. The molecule has 0 N–H and O–H groups in total. The van der Waals surface area contributed by atoms with Gasteiger partial charge in [0, 0.05) is 26.2 Å². The number of anilines is 1. The van der Waals surface area contributed by atoms with Gasteiger partial charge in [-0.1, -0.05) is 0 Å². The van der Waals surface area contributed by atoms with E-state index < -0.39 is 0 Å². The van der Waals surface area contributed by atoms with E-state index in [1.165, 1.54) is 11.1 Å². The van der Waals surface area contributed by atoms with Crippen molar-refractivity contribution in [3.63, 3.8) is 0 Å². The molecule has 8 nitrogen and oxygen atoms in total. The van der Waals surface area contributed by atoms with Crippen LogP contribution in [0.2, 0.25) is 0 Å². The Kier molecular flexibility index (Phi) is 5.29. The zero-order valence-electron chi connectivity index (χ0n) is 16.2. The first kappa shape index (κ1) is 18.5. The SMILES string of the molecule is COc1cc2c(cc1OC)CN(c1ccc(C(=O)N3CCOCC3)nn1)CC2. The molecule has 4 rings (SSSR count). The first-order valence-corrected chi connectivity index (χ1v) is 9.39. The van der Waals surface area contributed by atoms with Crippen LogP contribution in [-0.2, 0) is 17.7 Å². The minimum Gasteiger partial charge on any atom is -0.493 e. The van der Waals surface area contributed by atoms with Crippen molar-refractivity contribution in [3.8, 4) is 11.5 Å². The molecule has 0 radical (unpaired) electrons. The number of carbonyl (C=O) groups excluding carboxylic acids is 1. The Labute approximate surface area is 164 Å². The predicted octanol–water partition coefficient (Wildman–Crippen LogP) is 1.53. The first-order chi connectivity index (χ1) is 13.7. The number of methoxy groups -OCH3 is 2. The van der Waals surface area contributed by atoms with Crippen LogP contribution in [0.4, 0.5) is 5.82 Å². The van der Waals surface area contributed by atoms with Crippen LogP contribution in [0, 0.1) is 0 Å². The fraction of sp³-hybridized carbons (Fsp3) is 0.450. The van der Waals surface area contributed by atoms with Crippen molar-refractivity contribution < 1.29 is 19.0 Å². The molecule has 0 aliphatic carbocycles. The van der Waals surface area contributed by atoms with Crippen LogP contribution < -0.4 is 14.4 Å². The molecule has 0 bridgehead atoms. The van der Waals surface area contributed by atoms with E-state index in [4.69, 9.17) is 14.2 Å². The maximum Gasteiger partial charge on any atom is 0.274 e. The molecule has 1 aromatic carbocycles. The molecule has 2 aliphatic rings. The molecule has 2 aromatic rings. The highest BCUT2D eigenvalue weighted by molar-refractivity contribution is 5.92. The summed E-state index contributed by atoms with van der Waals surface area (Å²) in [6.07, 6.45) is 0.881. The third-order valence-corrected chi connectivity index (χ3v) is 5.21. The summed E-state index contributed by atoms with van der Waals surface area (Å²) in [5.74, 6) is 2.14. The molecular weight excluding hydrogens is 360 g/mol. The smallest absolute Gasteiger partial charge is 0.274 e. The van der Waals surface area contributed by atoms with Gasteiger partial charge >= 0.3 is 0 Å². The molecule has 1 amide bonds. The third-order valence-electron chi connectivity index (χ3n) is 5.21. The lowest BCUT2D eigenvalue weighted by molar-refractivity contribution is 0.0298. The van der Waals surface area contributed by atoms with Crippen molar-refractivity contribution >= 4 is 11.7 Å². The van der Waals surface area contributed by atoms with Gasteiger partial charge in [-0.2, -0.15) is 0 Å². The number of nitrogens with zero attached hydrogens (tertiary/aromatic N) is 4. The monoisotopic (exact) mass is 384 g/mol. The average Bonchev–Trinajstić information content (AvgIpc) is 2.78. The normalized spacial score (nSPS) is 16.5. The number of benzene rings is 1. The number of rotatable bonds is 4. The number of morpholine rings is 1. The van der Waals surface area contributed by atoms with Crippen molar-refractivity contribution in [2.75, 3.05) is 52.0 Å². The second-order valence-corrected chi connectivity index (χ2v) is 6.83. The van der Waals surface area contributed by atoms with Crippen molar-refractivity contribution in [2.24, 2.45) is 0 Å². The summed E-state index contributed by atoms with van der Waals surface area (Å²) in [6, 6.07) is 7.68. The lowest BCUT2D eigenvalue weighted by Gasteiger charge is -2.30. The molecule has 0 spiro atoms. The van der Waals surface area contributed by atoms with Crippen LogP contribution >= 0.6 is 0 Å². The molecule has 0 saturated carbocycles. The van der Waals surface area contributed by atoms with E-state index >= 15 is 0 Å². The standard InChI is InChI=1S/C20H24N4O4/c1-26-17-11-14-5-6-24(13-15(14)12-18(17)27-2)19-4-3-16(21-22-19)20(25)23-7-9-28-10-8-23/h3-4,11-12H,5-10,13H2,1-2H3. The Balaban J connectivity index is 1.49. The number of ether oxygens (including phenoxy) is 3. The largest absolute Gasteiger partial charge is 0.493 e. The lowest BCUT2D eigenvalue weighted by Crippen LogP contribution is -2.41. The van der Waals surface area contributed by atoms with E-state index in [9.17, 15) is 4.79 Å². The number of aromatic nitrogens is 2. The van der Waals surface area contributed by atoms with Gasteiger partial charge in [0.25, 0.3) is 5.91 Å². The van der Waals surface area contributed by atoms with Gasteiger partial charge in [0.2, 0.25) is 0 Å². The van der Waals surface area contributed by atoms with Gasteiger partial charge in [-0.15, -0.1) is 10.2 Å². The van der Waals surface area contributed by atoms with Gasteiger partial charge in [-0.25, -0.2) is 0 Å². The summed E-state index contributed by atoms with van der Waals surface area (Å²) in [7, 11) is 3.29. The molecule has 1 aromatic heterocycles. The average molecular weight is 384 g/mol. The lowest BCUT2D eigenvalue weighted by atomic mass is 9.99. The second kappa shape index (κ2) is 8.02. The maximum absolute atomic E-state index is 12.5. The molecule has 1 saturated heterocycles. The molecule has 3 heterocycles. The summed E-state index contributed by atoms with van der Waals surface area (Å²) in [6.45, 7) is 3.86. The van der Waals surface area contributed by atoms with Crippen molar-refractivity contribution in [1.82, 2.24) is 15.1 Å². The number of hydrogen-bond donors (Lipinski definition) is 0. The van der Waals surface area contributed by atoms with Crippen molar-refractivity contribution in [2.45, 2.75) is 13.0 Å². The van der Waals surface area contributed by atoms with Crippen LogP contribution in [0.1, 0.15) is 21.6 Å². The van der Waals surface area contributed by atoms with Crippen LogP contribution in [0.5, 0.6) is 11.5 Å². The maximum atomic E-state index is 12.5. The number of hydrogen-bond acceptors (Lipinski definition) is 7. The van der Waals surface area contributed by atoms with E-state index in [0.717, 1.165) is 30.3 Å². The fourth-order valence-corrected chi connectivity index (χ4v) is 3.62. The van der Waals surface area contributed by atoms with Gasteiger partial charge < -0.3 is 24.0 Å². The second-order valence-electron chi connectivity index (χ2n) is 6.83. The van der Waals surface area contributed by atoms with E-state index in [2.05, 4.69) is 15.1 Å². The Bertz CT molecular complexity index is 850. The van der Waals surface area contributed by atoms with E-state index in [1.807, 2.05) is 18.2 Å². The highest BCUT2D eigenvalue weighted by Gasteiger charge is 2.23. The number of carbonyl (C=O) groups is 1. The van der Waals surface area contributed by atoms with Crippen LogP contribution in [0.25, 0.3) is 0 Å².